The third-order valence-corrected chi connectivity index (χ3v) is 1.11. The van der Waals surface area contributed by atoms with Crippen LogP contribution in [0.1, 0.15) is 6.42 Å². The summed E-state index contributed by atoms with van der Waals surface area (Å²) in [5, 5.41) is 0.138. The molecule has 0 saturated carbocycles. The van der Waals surface area contributed by atoms with E-state index in [1.807, 2.05) is 14.1 Å². The van der Waals surface area contributed by atoms with E-state index in [9.17, 15) is 0 Å². The van der Waals surface area contributed by atoms with Gasteiger partial charge in [0.15, 0.2) is 0 Å². The van der Waals surface area contributed by atoms with Crippen LogP contribution < -0.4 is 5.73 Å². The fraction of sp³-hybridized carbons (Fsp3) is 0.833. The fourth-order valence-corrected chi connectivity index (χ4v) is 0.637. The van der Waals surface area contributed by atoms with Crippen molar-refractivity contribution in [1.82, 2.24) is 4.90 Å². The molecule has 0 fully saturated rings. The number of nitrogens with two attached hydrogens (primary N) is 1. The summed E-state index contributed by atoms with van der Waals surface area (Å²) in [6.45, 7) is 1.62. The van der Waals surface area contributed by atoms with Gasteiger partial charge in [-0.1, -0.05) is 0 Å². The van der Waals surface area contributed by atoms with Gasteiger partial charge in [0.2, 0.25) is 0 Å². The number of nitrogens with zero attached hydrogens (tertiary/aromatic N) is 1. The van der Waals surface area contributed by atoms with Gasteiger partial charge in [-0.25, -0.2) is 0 Å². The molecule has 0 aliphatic rings. The van der Waals surface area contributed by atoms with Crippen LogP contribution in [0.5, 0.6) is 0 Å². The van der Waals surface area contributed by atoms with Gasteiger partial charge in [-0.3, -0.25) is 0 Å². The number of hydrogen-bond donors (Lipinski definition) is 1. The zero-order chi connectivity index (χ0) is 7.98. The normalized spacial score (nSPS) is 9.90. The molecule has 10 heavy (non-hydrogen) atoms. The SMILES string of the molecule is CN(C)CCCOC(N)=S. The summed E-state index contributed by atoms with van der Waals surface area (Å²) in [5.41, 5.74) is 5.10. The summed E-state index contributed by atoms with van der Waals surface area (Å²) in [5.74, 6) is 0. The molecule has 0 unspecified atom stereocenters. The highest BCUT2D eigenvalue weighted by atomic mass is 32.1. The van der Waals surface area contributed by atoms with E-state index in [2.05, 4.69) is 17.1 Å². The summed E-state index contributed by atoms with van der Waals surface area (Å²) in [6, 6.07) is 0. The van der Waals surface area contributed by atoms with Gasteiger partial charge in [0, 0.05) is 6.54 Å². The fourth-order valence-electron chi connectivity index (χ4n) is 0.554. The quantitative estimate of drug-likeness (QED) is 0.473. The molecular weight excluding hydrogens is 148 g/mol. The van der Waals surface area contributed by atoms with Crippen LogP contribution in [0.15, 0.2) is 0 Å². The Labute approximate surface area is 67.1 Å². The van der Waals surface area contributed by atoms with Gasteiger partial charge >= 0.3 is 0 Å². The average Bonchev–Trinajstić information content (AvgIpc) is 1.79. The maximum absolute atomic E-state index is 5.10. The largest absolute Gasteiger partial charge is 0.471 e. The van der Waals surface area contributed by atoms with Crippen molar-refractivity contribution in [3.05, 3.63) is 0 Å². The molecule has 0 aromatic rings. The predicted octanol–water partition coefficient (Wildman–Crippen LogP) is 0.198. The van der Waals surface area contributed by atoms with Crippen molar-refractivity contribution in [3.63, 3.8) is 0 Å². The Kier molecular flexibility index (Phi) is 5.25. The Bertz CT molecular complexity index is 106. The molecule has 0 aliphatic carbocycles. The van der Waals surface area contributed by atoms with Crippen LogP contribution in [0.2, 0.25) is 0 Å². The Hall–Kier alpha value is -0.350. The van der Waals surface area contributed by atoms with Crippen LogP contribution in [0.4, 0.5) is 0 Å². The summed E-state index contributed by atoms with van der Waals surface area (Å²) >= 11 is 4.52. The van der Waals surface area contributed by atoms with E-state index in [0.717, 1.165) is 13.0 Å². The Balaban J connectivity index is 2.98. The summed E-state index contributed by atoms with van der Waals surface area (Å²) in [7, 11) is 4.03. The van der Waals surface area contributed by atoms with Crippen molar-refractivity contribution in [2.75, 3.05) is 27.2 Å². The van der Waals surface area contributed by atoms with E-state index in [-0.39, 0.29) is 5.17 Å². The molecule has 4 heteroatoms. The van der Waals surface area contributed by atoms with Crippen LogP contribution >= 0.6 is 12.2 Å². The van der Waals surface area contributed by atoms with Crippen LogP contribution in [0.25, 0.3) is 0 Å². The number of hydrogen-bond acceptors (Lipinski definition) is 3. The smallest absolute Gasteiger partial charge is 0.253 e. The second-order valence-electron chi connectivity index (χ2n) is 2.32. The molecular formula is C6H14N2OS. The minimum atomic E-state index is 0.138. The van der Waals surface area contributed by atoms with Crippen molar-refractivity contribution < 1.29 is 4.74 Å². The molecule has 3 nitrogen and oxygen atoms in total. The highest BCUT2D eigenvalue weighted by molar-refractivity contribution is 7.80. The summed E-state index contributed by atoms with van der Waals surface area (Å²) < 4.78 is 4.87. The average molecular weight is 162 g/mol. The lowest BCUT2D eigenvalue weighted by Gasteiger charge is -2.08. The molecule has 0 radical (unpaired) electrons. The standard InChI is InChI=1S/C6H14N2OS/c1-8(2)4-3-5-9-6(7)10/h3-5H2,1-2H3,(H2,7,10). The topological polar surface area (TPSA) is 38.5 Å². The van der Waals surface area contributed by atoms with E-state index in [1.54, 1.807) is 0 Å². The van der Waals surface area contributed by atoms with Crippen LogP contribution in [-0.4, -0.2) is 37.3 Å². The Morgan fingerprint density at radius 3 is 2.60 bits per heavy atom. The van der Waals surface area contributed by atoms with Crippen molar-refractivity contribution in [2.24, 2.45) is 5.73 Å². The van der Waals surface area contributed by atoms with E-state index in [1.165, 1.54) is 0 Å². The van der Waals surface area contributed by atoms with Crippen LogP contribution in [0.3, 0.4) is 0 Å². The van der Waals surface area contributed by atoms with Crippen molar-refractivity contribution in [1.29, 1.82) is 0 Å². The number of rotatable bonds is 4. The van der Waals surface area contributed by atoms with Gasteiger partial charge in [-0.15, -0.1) is 0 Å². The zero-order valence-electron chi connectivity index (χ0n) is 6.46. The molecule has 2 N–H and O–H groups in total. The lowest BCUT2D eigenvalue weighted by atomic mass is 10.4. The van der Waals surface area contributed by atoms with Crippen LogP contribution in [0, 0.1) is 0 Å². The lowest BCUT2D eigenvalue weighted by molar-refractivity contribution is 0.274. The number of thiocarbonyl (C=S) groups is 1. The highest BCUT2D eigenvalue weighted by Gasteiger charge is 1.91. The van der Waals surface area contributed by atoms with Gasteiger partial charge < -0.3 is 15.4 Å². The second-order valence-corrected chi connectivity index (χ2v) is 2.73. The van der Waals surface area contributed by atoms with Crippen LogP contribution in [-0.2, 0) is 4.74 Å². The molecule has 0 amide bonds. The molecule has 0 saturated heterocycles. The minimum Gasteiger partial charge on any atom is -0.471 e. The molecule has 60 valence electrons. The van der Waals surface area contributed by atoms with Crippen molar-refractivity contribution >= 4 is 17.4 Å². The van der Waals surface area contributed by atoms with Gasteiger partial charge in [0.25, 0.3) is 5.17 Å². The predicted molar refractivity (Wildman–Crippen MR) is 45.9 cm³/mol. The molecule has 0 aromatic heterocycles. The second kappa shape index (κ2) is 5.44. The zero-order valence-corrected chi connectivity index (χ0v) is 7.28. The Morgan fingerprint density at radius 1 is 1.60 bits per heavy atom. The Morgan fingerprint density at radius 2 is 2.20 bits per heavy atom. The molecule has 0 atom stereocenters. The van der Waals surface area contributed by atoms with E-state index >= 15 is 0 Å². The maximum Gasteiger partial charge on any atom is 0.253 e. The lowest BCUT2D eigenvalue weighted by Crippen LogP contribution is -2.18. The van der Waals surface area contributed by atoms with Crippen molar-refractivity contribution in [2.45, 2.75) is 6.42 Å². The first-order valence-corrected chi connectivity index (χ1v) is 3.60. The van der Waals surface area contributed by atoms with Gasteiger partial charge in [-0.05, 0) is 32.7 Å². The molecule has 0 aromatic carbocycles. The molecule has 0 rings (SSSR count). The monoisotopic (exact) mass is 162 g/mol. The molecule has 0 aliphatic heterocycles. The van der Waals surface area contributed by atoms with E-state index in [4.69, 9.17) is 10.5 Å². The first-order chi connectivity index (χ1) is 4.63. The van der Waals surface area contributed by atoms with E-state index < -0.39 is 0 Å². The summed E-state index contributed by atoms with van der Waals surface area (Å²) in [4.78, 5) is 2.09. The highest BCUT2D eigenvalue weighted by Crippen LogP contribution is 1.84. The first-order valence-electron chi connectivity index (χ1n) is 3.20. The molecule has 0 spiro atoms. The third kappa shape index (κ3) is 7.65. The minimum absolute atomic E-state index is 0.138. The molecule has 0 bridgehead atoms. The van der Waals surface area contributed by atoms with Gasteiger partial charge in [-0.2, -0.15) is 0 Å². The van der Waals surface area contributed by atoms with Crippen molar-refractivity contribution in [3.8, 4) is 0 Å². The third-order valence-electron chi connectivity index (χ3n) is 0.994. The van der Waals surface area contributed by atoms with Gasteiger partial charge in [0.05, 0.1) is 6.61 Å². The first kappa shape index (κ1) is 9.65. The van der Waals surface area contributed by atoms with Gasteiger partial charge in [0.1, 0.15) is 0 Å². The number of ether oxygens (including phenoxy) is 1. The molecule has 0 heterocycles. The summed E-state index contributed by atoms with van der Waals surface area (Å²) in [6.07, 6.45) is 0.963. The van der Waals surface area contributed by atoms with E-state index in [0.29, 0.717) is 6.61 Å². The maximum atomic E-state index is 5.10.